The Morgan fingerprint density at radius 3 is 2.95 bits per heavy atom. The molecule has 6 heteroatoms. The largest absolute Gasteiger partial charge is 0.289 e. The molecule has 0 aliphatic carbocycles. The number of aryl methyl sites for hydroxylation is 1. The summed E-state index contributed by atoms with van der Waals surface area (Å²) in [6.45, 7) is 1.75. The Morgan fingerprint density at radius 2 is 2.25 bits per heavy atom. The van der Waals surface area contributed by atoms with E-state index in [0.717, 1.165) is 41.8 Å². The predicted molar refractivity (Wildman–Crippen MR) is 77.5 cm³/mol. The third-order valence-corrected chi connectivity index (χ3v) is 4.24. The third-order valence-electron chi connectivity index (χ3n) is 3.78. The third kappa shape index (κ3) is 2.76. The fourth-order valence-corrected chi connectivity index (χ4v) is 3.29. The lowest BCUT2D eigenvalue weighted by atomic mass is 10.0. The average Bonchev–Trinajstić information content (AvgIpc) is 2.99. The minimum atomic E-state index is -0.195. The smallest absolute Gasteiger partial charge is 0.140 e. The molecule has 106 valence electrons. The molecule has 3 rings (SSSR count). The number of rotatable bonds is 3. The van der Waals surface area contributed by atoms with Crippen LogP contribution < -0.4 is 0 Å². The van der Waals surface area contributed by atoms with Crippen molar-refractivity contribution in [2.24, 2.45) is 7.05 Å². The summed E-state index contributed by atoms with van der Waals surface area (Å²) < 4.78 is 16.2. The maximum absolute atomic E-state index is 13.6. The van der Waals surface area contributed by atoms with Gasteiger partial charge in [0.2, 0.25) is 0 Å². The first-order valence-electron chi connectivity index (χ1n) is 6.66. The molecule has 1 aliphatic rings. The van der Waals surface area contributed by atoms with Crippen LogP contribution in [0.5, 0.6) is 0 Å². The van der Waals surface area contributed by atoms with Crippen molar-refractivity contribution in [2.45, 2.75) is 25.4 Å². The van der Waals surface area contributed by atoms with Gasteiger partial charge in [-0.15, -0.1) is 0 Å². The average molecular weight is 339 g/mol. The molecule has 0 amide bonds. The zero-order valence-corrected chi connectivity index (χ0v) is 12.8. The maximum atomic E-state index is 13.6. The van der Waals surface area contributed by atoms with Crippen LogP contribution in [0.25, 0.3) is 0 Å². The Bertz CT molecular complexity index is 593. The lowest BCUT2D eigenvalue weighted by molar-refractivity contribution is 0.238. The first-order chi connectivity index (χ1) is 9.63. The Morgan fingerprint density at radius 1 is 1.40 bits per heavy atom. The zero-order valence-electron chi connectivity index (χ0n) is 11.3. The quantitative estimate of drug-likeness (QED) is 0.862. The monoisotopic (exact) mass is 338 g/mol. The second-order valence-corrected chi connectivity index (χ2v) is 6.05. The van der Waals surface area contributed by atoms with Crippen LogP contribution in [-0.2, 0) is 13.6 Å². The van der Waals surface area contributed by atoms with E-state index >= 15 is 0 Å². The maximum Gasteiger partial charge on any atom is 0.140 e. The summed E-state index contributed by atoms with van der Waals surface area (Å²) in [6.07, 6.45) is 3.74. The highest BCUT2D eigenvalue weighted by atomic mass is 79.9. The lowest BCUT2D eigenvalue weighted by Gasteiger charge is -2.24. The van der Waals surface area contributed by atoms with Gasteiger partial charge in [0.15, 0.2) is 0 Å². The van der Waals surface area contributed by atoms with Gasteiger partial charge < -0.3 is 0 Å². The summed E-state index contributed by atoms with van der Waals surface area (Å²) in [4.78, 5) is 6.61. The molecule has 4 nitrogen and oxygen atoms in total. The van der Waals surface area contributed by atoms with Gasteiger partial charge in [-0.25, -0.2) is 9.37 Å². The number of benzene rings is 1. The Hall–Kier alpha value is -1.27. The van der Waals surface area contributed by atoms with E-state index in [1.165, 1.54) is 6.07 Å². The molecule has 0 bridgehead atoms. The molecule has 1 atom stereocenters. The van der Waals surface area contributed by atoms with E-state index in [2.05, 4.69) is 30.9 Å². The number of hydrogen-bond donors (Lipinski definition) is 0. The second-order valence-electron chi connectivity index (χ2n) is 5.13. The van der Waals surface area contributed by atoms with Crippen molar-refractivity contribution in [3.63, 3.8) is 0 Å². The highest BCUT2D eigenvalue weighted by Gasteiger charge is 2.27. The molecule has 0 spiro atoms. The fraction of sp³-hybridized carbons (Fsp3) is 0.429. The standard InChI is InChI=1S/C14H16BrFN4/c1-19-14(17-9-18-19)8-20-4-2-3-13(20)10-5-11(15)7-12(16)6-10/h5-7,9,13H,2-4,8H2,1H3/t13-/m0/s1. The Kier molecular flexibility index (Phi) is 3.85. The van der Waals surface area contributed by atoms with Crippen LogP contribution in [0.2, 0.25) is 0 Å². The molecular weight excluding hydrogens is 323 g/mol. The van der Waals surface area contributed by atoms with Crippen LogP contribution in [0.4, 0.5) is 4.39 Å². The zero-order chi connectivity index (χ0) is 14.1. The lowest BCUT2D eigenvalue weighted by Crippen LogP contribution is -2.24. The molecule has 2 aromatic rings. The van der Waals surface area contributed by atoms with Crippen molar-refractivity contribution in [2.75, 3.05) is 6.54 Å². The molecule has 0 unspecified atom stereocenters. The topological polar surface area (TPSA) is 34.0 Å². The van der Waals surface area contributed by atoms with Gasteiger partial charge in [0, 0.05) is 17.6 Å². The van der Waals surface area contributed by atoms with E-state index in [4.69, 9.17) is 0 Å². The van der Waals surface area contributed by atoms with E-state index in [1.807, 2.05) is 13.1 Å². The summed E-state index contributed by atoms with van der Waals surface area (Å²) in [7, 11) is 1.90. The number of aromatic nitrogens is 3. The molecule has 1 aliphatic heterocycles. The minimum absolute atomic E-state index is 0.195. The van der Waals surface area contributed by atoms with Gasteiger partial charge in [-0.3, -0.25) is 9.58 Å². The molecule has 0 saturated carbocycles. The molecule has 0 radical (unpaired) electrons. The number of likely N-dealkylation sites (tertiary alicyclic amines) is 1. The Balaban J connectivity index is 1.83. The molecule has 2 heterocycles. The summed E-state index contributed by atoms with van der Waals surface area (Å²) in [6, 6.07) is 5.37. The summed E-state index contributed by atoms with van der Waals surface area (Å²) in [5.74, 6) is 0.743. The normalized spacial score (nSPS) is 19.6. The molecule has 1 fully saturated rings. The first-order valence-corrected chi connectivity index (χ1v) is 7.45. The van der Waals surface area contributed by atoms with Gasteiger partial charge in [0.05, 0.1) is 6.54 Å². The summed E-state index contributed by atoms with van der Waals surface area (Å²) in [5, 5.41) is 4.10. The van der Waals surface area contributed by atoms with Gasteiger partial charge in [0.1, 0.15) is 18.0 Å². The predicted octanol–water partition coefficient (Wildman–Crippen LogP) is 3.05. The minimum Gasteiger partial charge on any atom is -0.289 e. The molecular formula is C14H16BrFN4. The SMILES string of the molecule is Cn1ncnc1CN1CCC[C@H]1c1cc(F)cc(Br)c1. The van der Waals surface area contributed by atoms with Crippen LogP contribution in [0.1, 0.15) is 30.3 Å². The van der Waals surface area contributed by atoms with Crippen molar-refractivity contribution in [3.8, 4) is 0 Å². The molecule has 0 N–H and O–H groups in total. The van der Waals surface area contributed by atoms with Crippen LogP contribution in [0, 0.1) is 5.82 Å². The van der Waals surface area contributed by atoms with Gasteiger partial charge in [-0.1, -0.05) is 15.9 Å². The van der Waals surface area contributed by atoms with Crippen molar-refractivity contribution in [1.29, 1.82) is 0 Å². The van der Waals surface area contributed by atoms with Gasteiger partial charge in [0.25, 0.3) is 0 Å². The highest BCUT2D eigenvalue weighted by molar-refractivity contribution is 9.10. The van der Waals surface area contributed by atoms with Crippen LogP contribution >= 0.6 is 15.9 Å². The van der Waals surface area contributed by atoms with E-state index in [1.54, 1.807) is 17.1 Å². The highest BCUT2D eigenvalue weighted by Crippen LogP contribution is 2.34. The van der Waals surface area contributed by atoms with E-state index < -0.39 is 0 Å². The second kappa shape index (κ2) is 5.61. The first kappa shape index (κ1) is 13.7. The van der Waals surface area contributed by atoms with Crippen molar-refractivity contribution < 1.29 is 4.39 Å². The number of halogens is 2. The number of nitrogens with zero attached hydrogens (tertiary/aromatic N) is 4. The summed E-state index contributed by atoms with van der Waals surface area (Å²) in [5.41, 5.74) is 1.02. The van der Waals surface area contributed by atoms with Crippen LogP contribution in [0.15, 0.2) is 29.0 Å². The van der Waals surface area contributed by atoms with Gasteiger partial charge >= 0.3 is 0 Å². The van der Waals surface area contributed by atoms with Gasteiger partial charge in [-0.05, 0) is 43.1 Å². The fourth-order valence-electron chi connectivity index (χ4n) is 2.81. The van der Waals surface area contributed by atoms with E-state index in [9.17, 15) is 4.39 Å². The number of hydrogen-bond acceptors (Lipinski definition) is 3. The van der Waals surface area contributed by atoms with Crippen molar-refractivity contribution >= 4 is 15.9 Å². The van der Waals surface area contributed by atoms with Crippen molar-refractivity contribution in [3.05, 3.63) is 46.2 Å². The van der Waals surface area contributed by atoms with Crippen LogP contribution in [-0.4, -0.2) is 26.2 Å². The van der Waals surface area contributed by atoms with Gasteiger partial charge in [-0.2, -0.15) is 5.10 Å². The van der Waals surface area contributed by atoms with E-state index in [0.29, 0.717) is 0 Å². The Labute approximate surface area is 125 Å². The van der Waals surface area contributed by atoms with Crippen molar-refractivity contribution in [1.82, 2.24) is 19.7 Å². The van der Waals surface area contributed by atoms with Crippen LogP contribution in [0.3, 0.4) is 0 Å². The molecule has 20 heavy (non-hydrogen) atoms. The molecule has 1 aromatic carbocycles. The molecule has 1 aromatic heterocycles. The summed E-state index contributed by atoms with van der Waals surface area (Å²) >= 11 is 3.37. The van der Waals surface area contributed by atoms with E-state index in [-0.39, 0.29) is 11.9 Å². The molecule has 1 saturated heterocycles.